The first-order chi connectivity index (χ1) is 8.98. The third kappa shape index (κ3) is 3.98. The van der Waals surface area contributed by atoms with Gasteiger partial charge in [-0.05, 0) is 35.2 Å². The standard InChI is InChI=1S/C15H23BF2S/c1-4-7-8-19-14-12(17)9-11(10-13(14)18)15(16,5-2)6-3/h9-10H,4-8,16H2,1-3H3. The van der Waals surface area contributed by atoms with Crippen LogP contribution in [-0.2, 0) is 5.31 Å². The molecule has 0 fully saturated rings. The highest BCUT2D eigenvalue weighted by Gasteiger charge is 2.25. The van der Waals surface area contributed by atoms with Gasteiger partial charge in [0.25, 0.3) is 0 Å². The number of halogens is 2. The second-order valence-corrected chi connectivity index (χ2v) is 6.34. The quantitative estimate of drug-likeness (QED) is 0.403. The molecule has 0 spiro atoms. The summed E-state index contributed by atoms with van der Waals surface area (Å²) in [4.78, 5) is 0.173. The first-order valence-electron chi connectivity index (χ1n) is 7.10. The lowest BCUT2D eigenvalue weighted by molar-refractivity contribution is 0.512. The van der Waals surface area contributed by atoms with Crippen LogP contribution >= 0.6 is 11.8 Å². The Morgan fingerprint density at radius 3 is 2.05 bits per heavy atom. The summed E-state index contributed by atoms with van der Waals surface area (Å²) in [7, 11) is 2.06. The molecule has 0 saturated carbocycles. The molecule has 0 aliphatic rings. The maximum absolute atomic E-state index is 14.1. The normalized spacial score (nSPS) is 11.8. The van der Waals surface area contributed by atoms with E-state index < -0.39 is 11.6 Å². The molecule has 0 heterocycles. The van der Waals surface area contributed by atoms with Gasteiger partial charge < -0.3 is 0 Å². The minimum atomic E-state index is -0.413. The maximum atomic E-state index is 14.1. The van der Waals surface area contributed by atoms with E-state index in [4.69, 9.17) is 0 Å². The lowest BCUT2D eigenvalue weighted by Crippen LogP contribution is -2.25. The molecule has 19 heavy (non-hydrogen) atoms. The van der Waals surface area contributed by atoms with E-state index in [0.29, 0.717) is 0 Å². The van der Waals surface area contributed by atoms with Gasteiger partial charge in [0.1, 0.15) is 19.5 Å². The van der Waals surface area contributed by atoms with E-state index in [2.05, 4.69) is 28.6 Å². The Balaban J connectivity index is 3.02. The molecule has 0 N–H and O–H groups in total. The Hall–Kier alpha value is -0.505. The highest BCUT2D eigenvalue weighted by Crippen LogP contribution is 2.33. The van der Waals surface area contributed by atoms with Crippen molar-refractivity contribution < 1.29 is 8.78 Å². The third-order valence-corrected chi connectivity index (χ3v) is 5.17. The summed E-state index contributed by atoms with van der Waals surface area (Å²) in [6, 6.07) is 3.04. The Kier molecular flexibility index (Phi) is 6.38. The Morgan fingerprint density at radius 2 is 1.63 bits per heavy atom. The van der Waals surface area contributed by atoms with E-state index >= 15 is 0 Å². The van der Waals surface area contributed by atoms with E-state index in [0.717, 1.165) is 37.0 Å². The number of thioether (sulfide) groups is 1. The van der Waals surface area contributed by atoms with Gasteiger partial charge in [-0.3, -0.25) is 0 Å². The van der Waals surface area contributed by atoms with Gasteiger partial charge >= 0.3 is 0 Å². The van der Waals surface area contributed by atoms with Crippen molar-refractivity contribution in [2.24, 2.45) is 0 Å². The van der Waals surface area contributed by atoms with Gasteiger partial charge in [-0.15, -0.1) is 11.8 Å². The van der Waals surface area contributed by atoms with Crippen molar-refractivity contribution in [1.29, 1.82) is 0 Å². The Labute approximate surface area is 120 Å². The average Bonchev–Trinajstić information content (AvgIpc) is 2.40. The second kappa shape index (κ2) is 7.32. The summed E-state index contributed by atoms with van der Waals surface area (Å²) in [6.07, 6.45) is 3.78. The lowest BCUT2D eigenvalue weighted by atomic mass is 9.61. The zero-order valence-electron chi connectivity index (χ0n) is 12.4. The molecule has 0 nitrogen and oxygen atoms in total. The zero-order chi connectivity index (χ0) is 14.5. The number of unbranched alkanes of at least 4 members (excludes halogenated alkanes) is 1. The fraction of sp³-hybridized carbons (Fsp3) is 0.600. The molecule has 0 amide bonds. The van der Waals surface area contributed by atoms with Crippen molar-refractivity contribution in [3.8, 4) is 0 Å². The largest absolute Gasteiger partial charge is 0.206 e. The minimum absolute atomic E-state index is 0.145. The first-order valence-corrected chi connectivity index (χ1v) is 8.09. The van der Waals surface area contributed by atoms with Crippen molar-refractivity contribution in [2.75, 3.05) is 5.75 Å². The second-order valence-electron chi connectivity index (χ2n) is 5.24. The SMILES string of the molecule is BC(CC)(CC)c1cc(F)c(SCCCC)c(F)c1. The Bertz CT molecular complexity index is 394. The van der Waals surface area contributed by atoms with E-state index in [1.54, 1.807) is 0 Å². The Morgan fingerprint density at radius 1 is 1.11 bits per heavy atom. The van der Waals surface area contributed by atoms with Crippen LogP contribution in [0.3, 0.4) is 0 Å². The van der Waals surface area contributed by atoms with Gasteiger partial charge in [-0.2, -0.15) is 0 Å². The zero-order valence-corrected chi connectivity index (χ0v) is 13.2. The highest BCUT2D eigenvalue weighted by atomic mass is 32.2. The smallest absolute Gasteiger partial charge is 0.139 e. The highest BCUT2D eigenvalue weighted by molar-refractivity contribution is 7.99. The van der Waals surface area contributed by atoms with Crippen LogP contribution in [0.1, 0.15) is 52.0 Å². The summed E-state index contributed by atoms with van der Waals surface area (Å²) in [6.45, 7) is 6.19. The van der Waals surface area contributed by atoms with Crippen LogP contribution in [-0.4, -0.2) is 13.6 Å². The van der Waals surface area contributed by atoms with E-state index in [1.807, 2.05) is 0 Å². The van der Waals surface area contributed by atoms with Gasteiger partial charge in [0.05, 0.1) is 4.90 Å². The van der Waals surface area contributed by atoms with Crippen molar-refractivity contribution in [1.82, 2.24) is 0 Å². The molecule has 1 aromatic rings. The van der Waals surface area contributed by atoms with Gasteiger partial charge in [-0.1, -0.05) is 40.0 Å². The molecule has 0 aliphatic heterocycles. The fourth-order valence-corrected chi connectivity index (χ4v) is 3.05. The summed E-state index contributed by atoms with van der Waals surface area (Å²) in [5, 5.41) is -0.145. The van der Waals surface area contributed by atoms with E-state index in [1.165, 1.54) is 23.9 Å². The summed E-state index contributed by atoms with van der Waals surface area (Å²) in [5.74, 6) is -0.0591. The fourth-order valence-electron chi connectivity index (χ4n) is 2.02. The lowest BCUT2D eigenvalue weighted by Gasteiger charge is -2.28. The van der Waals surface area contributed by atoms with E-state index in [-0.39, 0.29) is 10.2 Å². The molecule has 0 radical (unpaired) electrons. The molecular weight excluding hydrogens is 261 g/mol. The maximum Gasteiger partial charge on any atom is 0.139 e. The van der Waals surface area contributed by atoms with Crippen LogP contribution in [0.5, 0.6) is 0 Å². The number of benzene rings is 1. The van der Waals surface area contributed by atoms with Crippen LogP contribution in [0.2, 0.25) is 0 Å². The molecule has 0 bridgehead atoms. The first kappa shape index (κ1) is 16.5. The van der Waals surface area contributed by atoms with Crippen molar-refractivity contribution >= 4 is 19.6 Å². The summed E-state index contributed by atoms with van der Waals surface area (Å²) in [5.41, 5.74) is 0.771. The monoisotopic (exact) mass is 284 g/mol. The van der Waals surface area contributed by atoms with Crippen LogP contribution in [0.4, 0.5) is 8.78 Å². The number of hydrogen-bond acceptors (Lipinski definition) is 1. The predicted molar refractivity (Wildman–Crippen MR) is 82.8 cm³/mol. The van der Waals surface area contributed by atoms with Gasteiger partial charge in [0, 0.05) is 0 Å². The van der Waals surface area contributed by atoms with Crippen LogP contribution in [0, 0.1) is 11.6 Å². The third-order valence-electron chi connectivity index (χ3n) is 4.00. The molecule has 0 atom stereocenters. The van der Waals surface area contributed by atoms with Gasteiger partial charge in [0.15, 0.2) is 0 Å². The van der Waals surface area contributed by atoms with Gasteiger partial charge in [-0.25, -0.2) is 8.78 Å². The average molecular weight is 284 g/mol. The number of hydrogen-bond donors (Lipinski definition) is 0. The molecule has 0 saturated heterocycles. The van der Waals surface area contributed by atoms with Crippen LogP contribution < -0.4 is 0 Å². The van der Waals surface area contributed by atoms with Crippen molar-refractivity contribution in [3.05, 3.63) is 29.3 Å². The summed E-state index contributed by atoms with van der Waals surface area (Å²) >= 11 is 1.28. The molecule has 0 aliphatic carbocycles. The minimum Gasteiger partial charge on any atom is -0.206 e. The molecule has 4 heteroatoms. The topological polar surface area (TPSA) is 0 Å². The molecule has 0 aromatic heterocycles. The number of rotatable bonds is 7. The molecule has 106 valence electrons. The predicted octanol–water partition coefficient (Wildman–Crippen LogP) is 4.51. The molecular formula is C15H23BF2S. The van der Waals surface area contributed by atoms with Crippen molar-refractivity contribution in [2.45, 2.75) is 56.7 Å². The van der Waals surface area contributed by atoms with E-state index in [9.17, 15) is 8.78 Å². The summed E-state index contributed by atoms with van der Waals surface area (Å²) < 4.78 is 28.2. The van der Waals surface area contributed by atoms with Crippen LogP contribution in [0.25, 0.3) is 0 Å². The molecule has 1 rings (SSSR count). The molecule has 0 unspecified atom stereocenters. The van der Waals surface area contributed by atoms with Crippen LogP contribution in [0.15, 0.2) is 17.0 Å². The van der Waals surface area contributed by atoms with Gasteiger partial charge in [0.2, 0.25) is 0 Å². The molecule has 1 aromatic carbocycles. The van der Waals surface area contributed by atoms with Crippen molar-refractivity contribution in [3.63, 3.8) is 0 Å².